The van der Waals surface area contributed by atoms with Crippen LogP contribution in [0, 0.1) is 10.1 Å². The number of hydrogen-bond donors (Lipinski definition) is 0. The fourth-order valence-corrected chi connectivity index (χ4v) is 2.81. The SMILES string of the molecule is CCOC(=O)c1ccccc1N1C([N+](=O)[O-])=CN2CC(C)OC21. The van der Waals surface area contributed by atoms with E-state index < -0.39 is 17.2 Å². The Balaban J connectivity index is 2.04. The maximum atomic E-state index is 12.2. The highest BCUT2D eigenvalue weighted by Gasteiger charge is 2.49. The third-order valence-electron chi connectivity index (χ3n) is 3.70. The maximum absolute atomic E-state index is 12.2. The monoisotopic (exact) mass is 319 g/mol. The second-order valence-electron chi connectivity index (χ2n) is 5.32. The van der Waals surface area contributed by atoms with Crippen molar-refractivity contribution in [2.24, 2.45) is 0 Å². The summed E-state index contributed by atoms with van der Waals surface area (Å²) in [5.41, 5.74) is 0.669. The lowest BCUT2D eigenvalue weighted by Crippen LogP contribution is -2.39. The summed E-state index contributed by atoms with van der Waals surface area (Å²) >= 11 is 0. The zero-order valence-electron chi connectivity index (χ0n) is 12.8. The molecule has 3 rings (SSSR count). The smallest absolute Gasteiger partial charge is 0.343 e. The predicted molar refractivity (Wildman–Crippen MR) is 81.0 cm³/mol. The third-order valence-corrected chi connectivity index (χ3v) is 3.70. The van der Waals surface area contributed by atoms with Crippen LogP contribution in [0.4, 0.5) is 5.69 Å². The van der Waals surface area contributed by atoms with Gasteiger partial charge in [0.05, 0.1) is 25.5 Å². The average Bonchev–Trinajstić information content (AvgIpc) is 3.03. The molecule has 23 heavy (non-hydrogen) atoms. The number of nitrogens with zero attached hydrogens (tertiary/aromatic N) is 3. The van der Waals surface area contributed by atoms with Gasteiger partial charge in [-0.2, -0.15) is 4.90 Å². The second kappa shape index (κ2) is 5.88. The zero-order chi connectivity index (χ0) is 16.6. The molecule has 0 radical (unpaired) electrons. The first kappa shape index (κ1) is 15.3. The summed E-state index contributed by atoms with van der Waals surface area (Å²) in [4.78, 5) is 26.3. The van der Waals surface area contributed by atoms with Crippen LogP contribution < -0.4 is 4.90 Å². The van der Waals surface area contributed by atoms with Crippen LogP contribution >= 0.6 is 0 Å². The molecule has 0 saturated carbocycles. The van der Waals surface area contributed by atoms with E-state index in [1.165, 1.54) is 11.1 Å². The first-order valence-electron chi connectivity index (χ1n) is 7.35. The molecule has 0 N–H and O–H groups in total. The summed E-state index contributed by atoms with van der Waals surface area (Å²) in [6.45, 7) is 4.39. The lowest BCUT2D eigenvalue weighted by molar-refractivity contribution is -0.427. The molecule has 1 fully saturated rings. The van der Waals surface area contributed by atoms with Crippen molar-refractivity contribution in [3.05, 3.63) is 52.0 Å². The number of esters is 1. The Labute approximate surface area is 133 Å². The number of rotatable bonds is 4. The van der Waals surface area contributed by atoms with Crippen molar-refractivity contribution in [3.8, 4) is 0 Å². The Kier molecular flexibility index (Phi) is 3.91. The van der Waals surface area contributed by atoms with Crippen molar-refractivity contribution >= 4 is 11.7 Å². The highest BCUT2D eigenvalue weighted by molar-refractivity contribution is 5.96. The number of carbonyl (C=O) groups excluding carboxylic acids is 1. The number of nitro groups is 1. The largest absolute Gasteiger partial charge is 0.462 e. The second-order valence-corrected chi connectivity index (χ2v) is 5.32. The van der Waals surface area contributed by atoms with Crippen molar-refractivity contribution in [1.82, 2.24) is 4.90 Å². The first-order chi connectivity index (χ1) is 11.0. The van der Waals surface area contributed by atoms with Crippen LogP contribution in [-0.4, -0.2) is 41.4 Å². The highest BCUT2D eigenvalue weighted by Crippen LogP contribution is 2.36. The van der Waals surface area contributed by atoms with Gasteiger partial charge in [-0.15, -0.1) is 0 Å². The number of benzene rings is 1. The van der Waals surface area contributed by atoms with Gasteiger partial charge in [0, 0.05) is 0 Å². The quantitative estimate of drug-likeness (QED) is 0.475. The molecule has 0 amide bonds. The van der Waals surface area contributed by atoms with Crippen LogP contribution in [0.15, 0.2) is 36.3 Å². The zero-order valence-corrected chi connectivity index (χ0v) is 12.8. The van der Waals surface area contributed by atoms with Gasteiger partial charge in [-0.05, 0) is 30.9 Å². The molecule has 2 aliphatic heterocycles. The fraction of sp³-hybridized carbons (Fsp3) is 0.400. The van der Waals surface area contributed by atoms with Gasteiger partial charge < -0.3 is 24.5 Å². The molecule has 1 saturated heterocycles. The van der Waals surface area contributed by atoms with E-state index in [9.17, 15) is 14.9 Å². The molecular weight excluding hydrogens is 302 g/mol. The number of anilines is 1. The molecular formula is C15H17N3O5. The van der Waals surface area contributed by atoms with E-state index in [0.717, 1.165) is 0 Å². The van der Waals surface area contributed by atoms with Crippen molar-refractivity contribution in [3.63, 3.8) is 0 Å². The summed E-state index contributed by atoms with van der Waals surface area (Å²) in [5.74, 6) is -0.644. The molecule has 2 atom stereocenters. The normalized spacial score (nSPS) is 22.8. The summed E-state index contributed by atoms with van der Waals surface area (Å²) < 4.78 is 10.8. The minimum atomic E-state index is -0.624. The van der Waals surface area contributed by atoms with E-state index in [0.29, 0.717) is 12.2 Å². The van der Waals surface area contributed by atoms with Gasteiger partial charge in [-0.3, -0.25) is 0 Å². The van der Waals surface area contributed by atoms with Crippen LogP contribution in [0.5, 0.6) is 0 Å². The Hall–Kier alpha value is -2.61. The van der Waals surface area contributed by atoms with Crippen LogP contribution in [0.25, 0.3) is 0 Å². The maximum Gasteiger partial charge on any atom is 0.343 e. The lowest BCUT2D eigenvalue weighted by Gasteiger charge is -2.22. The molecule has 8 heteroatoms. The topological polar surface area (TPSA) is 85.1 Å². The van der Waals surface area contributed by atoms with Gasteiger partial charge in [-0.25, -0.2) is 4.79 Å². The molecule has 2 unspecified atom stereocenters. The van der Waals surface area contributed by atoms with Gasteiger partial charge in [0.2, 0.25) is 0 Å². The van der Waals surface area contributed by atoms with Gasteiger partial charge in [0.15, 0.2) is 0 Å². The Morgan fingerprint density at radius 3 is 2.91 bits per heavy atom. The number of fused-ring (bicyclic) bond motifs is 1. The summed E-state index contributed by atoms with van der Waals surface area (Å²) in [5, 5.41) is 11.4. The predicted octanol–water partition coefficient (Wildman–Crippen LogP) is 1.76. The first-order valence-corrected chi connectivity index (χ1v) is 7.35. The van der Waals surface area contributed by atoms with Crippen molar-refractivity contribution in [2.45, 2.75) is 26.3 Å². The number of para-hydroxylation sites is 1. The molecule has 0 bridgehead atoms. The minimum absolute atomic E-state index is 0.0539. The van der Waals surface area contributed by atoms with E-state index in [4.69, 9.17) is 9.47 Å². The van der Waals surface area contributed by atoms with Gasteiger partial charge >= 0.3 is 11.8 Å². The molecule has 8 nitrogen and oxygen atoms in total. The lowest BCUT2D eigenvalue weighted by atomic mass is 10.1. The molecule has 1 aromatic carbocycles. The number of ether oxygens (including phenoxy) is 2. The van der Waals surface area contributed by atoms with Crippen molar-refractivity contribution in [1.29, 1.82) is 0 Å². The van der Waals surface area contributed by atoms with Crippen LogP contribution in [0.1, 0.15) is 24.2 Å². The molecule has 0 aromatic heterocycles. The highest BCUT2D eigenvalue weighted by atomic mass is 16.6. The third kappa shape index (κ3) is 2.61. The molecule has 1 aromatic rings. The van der Waals surface area contributed by atoms with Gasteiger partial charge in [-0.1, -0.05) is 12.1 Å². The Morgan fingerprint density at radius 1 is 1.48 bits per heavy atom. The van der Waals surface area contributed by atoms with E-state index in [2.05, 4.69) is 0 Å². The standard InChI is InChI=1S/C15H17N3O5/c1-3-22-14(19)11-6-4-5-7-12(11)17-13(18(20)21)9-16-8-10(2)23-15(16)17/h4-7,9-10,15H,3,8H2,1-2H3. The summed E-state index contributed by atoms with van der Waals surface area (Å²) in [7, 11) is 0. The average molecular weight is 319 g/mol. The van der Waals surface area contributed by atoms with Crippen LogP contribution in [0.2, 0.25) is 0 Å². The van der Waals surface area contributed by atoms with Crippen molar-refractivity contribution in [2.75, 3.05) is 18.1 Å². The fourth-order valence-electron chi connectivity index (χ4n) is 2.81. The van der Waals surface area contributed by atoms with Crippen LogP contribution in [-0.2, 0) is 9.47 Å². The Bertz CT molecular complexity index is 675. The molecule has 122 valence electrons. The van der Waals surface area contributed by atoms with Crippen molar-refractivity contribution < 1.29 is 19.2 Å². The van der Waals surface area contributed by atoms with E-state index in [1.807, 2.05) is 6.92 Å². The summed E-state index contributed by atoms with van der Waals surface area (Å²) in [6, 6.07) is 6.65. The summed E-state index contributed by atoms with van der Waals surface area (Å²) in [6.07, 6.45) is 0.776. The Morgan fingerprint density at radius 2 is 2.22 bits per heavy atom. The van der Waals surface area contributed by atoms with Gasteiger partial charge in [0.1, 0.15) is 11.3 Å². The molecule has 2 aliphatic rings. The number of carbonyl (C=O) groups is 1. The van der Waals surface area contributed by atoms with Gasteiger partial charge in [0.25, 0.3) is 6.35 Å². The van der Waals surface area contributed by atoms with Crippen LogP contribution in [0.3, 0.4) is 0 Å². The minimum Gasteiger partial charge on any atom is -0.462 e. The molecule has 0 spiro atoms. The number of hydrogen-bond acceptors (Lipinski definition) is 7. The van der Waals surface area contributed by atoms with E-state index in [1.54, 1.807) is 36.1 Å². The molecule has 2 heterocycles. The van der Waals surface area contributed by atoms with E-state index in [-0.39, 0.29) is 24.1 Å². The molecule has 0 aliphatic carbocycles. The van der Waals surface area contributed by atoms with E-state index >= 15 is 0 Å².